The molecule has 160 valence electrons. The van der Waals surface area contributed by atoms with Gasteiger partial charge in [-0.05, 0) is 67.8 Å². The largest absolute Gasteiger partial charge is 0.462 e. The van der Waals surface area contributed by atoms with Gasteiger partial charge in [0.25, 0.3) is 0 Å². The molecule has 1 aliphatic rings. The van der Waals surface area contributed by atoms with Gasteiger partial charge in [-0.25, -0.2) is 4.79 Å². The summed E-state index contributed by atoms with van der Waals surface area (Å²) >= 11 is 6.08. The van der Waals surface area contributed by atoms with E-state index in [0.29, 0.717) is 17.9 Å². The minimum Gasteiger partial charge on any atom is -0.462 e. The molecule has 0 aromatic heterocycles. The number of nitrogens with one attached hydrogen (secondary N) is 1. The van der Waals surface area contributed by atoms with Gasteiger partial charge >= 0.3 is 5.97 Å². The molecule has 30 heavy (non-hydrogen) atoms. The molecule has 0 spiro atoms. The average molecular weight is 429 g/mol. The third-order valence-electron chi connectivity index (χ3n) is 5.29. The smallest absolute Gasteiger partial charge is 0.338 e. The van der Waals surface area contributed by atoms with Gasteiger partial charge in [0.2, 0.25) is 5.91 Å². The fourth-order valence-corrected chi connectivity index (χ4v) is 3.85. The molecular formula is C24H29ClN2O3. The zero-order valence-corrected chi connectivity index (χ0v) is 18.2. The Morgan fingerprint density at radius 3 is 2.73 bits per heavy atom. The number of benzene rings is 2. The van der Waals surface area contributed by atoms with Crippen LogP contribution in [0.5, 0.6) is 0 Å². The van der Waals surface area contributed by atoms with Gasteiger partial charge in [-0.15, -0.1) is 0 Å². The fraction of sp³-hybridized carbons (Fsp3) is 0.417. The Morgan fingerprint density at radius 2 is 2.00 bits per heavy atom. The highest BCUT2D eigenvalue weighted by Gasteiger charge is 2.26. The summed E-state index contributed by atoms with van der Waals surface area (Å²) in [5, 5.41) is 3.72. The summed E-state index contributed by atoms with van der Waals surface area (Å²) in [6, 6.07) is 14.7. The molecule has 1 atom stereocenters. The van der Waals surface area contributed by atoms with Crippen LogP contribution in [0.25, 0.3) is 0 Å². The number of nitrogens with zero attached hydrogens (tertiary/aromatic N) is 1. The van der Waals surface area contributed by atoms with E-state index in [4.69, 9.17) is 16.3 Å². The van der Waals surface area contributed by atoms with Crippen molar-refractivity contribution >= 4 is 29.2 Å². The first kappa shape index (κ1) is 22.3. The number of carbonyl (C=O) groups is 2. The molecule has 1 aliphatic heterocycles. The maximum atomic E-state index is 12.8. The number of hydrogen-bond donors (Lipinski definition) is 1. The minimum absolute atomic E-state index is 0.0177. The number of ether oxygens (including phenoxy) is 1. The van der Waals surface area contributed by atoms with Crippen LogP contribution in [0.3, 0.4) is 0 Å². The Kier molecular flexibility index (Phi) is 8.29. The second-order valence-corrected chi connectivity index (χ2v) is 8.20. The van der Waals surface area contributed by atoms with E-state index in [1.807, 2.05) is 25.1 Å². The third kappa shape index (κ3) is 6.57. The quantitative estimate of drug-likeness (QED) is 0.466. The van der Waals surface area contributed by atoms with Gasteiger partial charge < -0.3 is 10.1 Å². The van der Waals surface area contributed by atoms with E-state index in [1.165, 1.54) is 0 Å². The molecular weight excluding hydrogens is 400 g/mol. The second-order valence-electron chi connectivity index (χ2n) is 7.76. The predicted molar refractivity (Wildman–Crippen MR) is 120 cm³/mol. The van der Waals surface area contributed by atoms with Crippen molar-refractivity contribution in [3.8, 4) is 0 Å². The van der Waals surface area contributed by atoms with Gasteiger partial charge in [-0.3, -0.25) is 9.69 Å². The standard InChI is InChI=1S/C24H29ClN2O3/c1-2-3-14-30-24(29)19-9-11-22(12-10-19)26-23(28)20-7-5-13-27(17-20)16-18-6-4-8-21(25)15-18/h4,6,8-12,15,20H,2-3,5,7,13-14,16-17H2,1H3,(H,26,28). The highest BCUT2D eigenvalue weighted by molar-refractivity contribution is 6.30. The summed E-state index contributed by atoms with van der Waals surface area (Å²) in [6.07, 6.45) is 3.70. The van der Waals surface area contributed by atoms with Crippen molar-refractivity contribution in [2.24, 2.45) is 5.92 Å². The Morgan fingerprint density at radius 1 is 1.20 bits per heavy atom. The van der Waals surface area contributed by atoms with E-state index in [2.05, 4.69) is 16.3 Å². The molecule has 1 heterocycles. The molecule has 1 unspecified atom stereocenters. The molecule has 0 radical (unpaired) electrons. The van der Waals surface area contributed by atoms with Crippen molar-refractivity contribution in [2.75, 3.05) is 25.0 Å². The second kappa shape index (κ2) is 11.1. The van der Waals surface area contributed by atoms with Crippen molar-refractivity contribution in [1.82, 2.24) is 4.90 Å². The monoisotopic (exact) mass is 428 g/mol. The Hall–Kier alpha value is -2.37. The lowest BCUT2D eigenvalue weighted by atomic mass is 9.96. The SMILES string of the molecule is CCCCOC(=O)c1ccc(NC(=O)C2CCCN(Cc3cccc(Cl)c3)C2)cc1. The number of rotatable bonds is 8. The van der Waals surface area contributed by atoms with Crippen molar-refractivity contribution in [3.05, 3.63) is 64.7 Å². The molecule has 2 aromatic carbocycles. The van der Waals surface area contributed by atoms with E-state index < -0.39 is 0 Å². The van der Waals surface area contributed by atoms with Crippen LogP contribution in [0.4, 0.5) is 5.69 Å². The van der Waals surface area contributed by atoms with Crippen molar-refractivity contribution < 1.29 is 14.3 Å². The van der Waals surface area contributed by atoms with Crippen LogP contribution in [0.2, 0.25) is 5.02 Å². The highest BCUT2D eigenvalue weighted by atomic mass is 35.5. The lowest BCUT2D eigenvalue weighted by Gasteiger charge is -2.32. The molecule has 1 fully saturated rings. The van der Waals surface area contributed by atoms with Crippen LogP contribution in [-0.4, -0.2) is 36.5 Å². The molecule has 0 saturated carbocycles. The summed E-state index contributed by atoms with van der Waals surface area (Å²) in [7, 11) is 0. The van der Waals surface area contributed by atoms with Crippen LogP contribution in [0.1, 0.15) is 48.5 Å². The van der Waals surface area contributed by atoms with Crippen molar-refractivity contribution in [3.63, 3.8) is 0 Å². The number of hydrogen-bond acceptors (Lipinski definition) is 4. The molecule has 2 aromatic rings. The van der Waals surface area contributed by atoms with Gasteiger partial charge in [-0.1, -0.05) is 37.1 Å². The number of amides is 1. The van der Waals surface area contributed by atoms with Gasteiger partial charge in [0.1, 0.15) is 0 Å². The minimum atomic E-state index is -0.328. The van der Waals surface area contributed by atoms with Gasteiger partial charge in [0.15, 0.2) is 0 Å². The maximum Gasteiger partial charge on any atom is 0.338 e. The molecule has 1 amide bonds. The maximum absolute atomic E-state index is 12.8. The molecule has 3 rings (SSSR count). The topological polar surface area (TPSA) is 58.6 Å². The molecule has 0 bridgehead atoms. The Labute approximate surface area is 183 Å². The van der Waals surface area contributed by atoms with E-state index in [0.717, 1.165) is 55.9 Å². The van der Waals surface area contributed by atoms with Crippen molar-refractivity contribution in [2.45, 2.75) is 39.2 Å². The zero-order chi connectivity index (χ0) is 21.3. The van der Waals surface area contributed by atoms with E-state index in [-0.39, 0.29) is 17.8 Å². The van der Waals surface area contributed by atoms with Gasteiger partial charge in [0, 0.05) is 23.8 Å². The normalized spacial score (nSPS) is 16.8. The van der Waals surface area contributed by atoms with E-state index >= 15 is 0 Å². The van der Waals surface area contributed by atoms with E-state index in [1.54, 1.807) is 24.3 Å². The fourth-order valence-electron chi connectivity index (χ4n) is 3.63. The van der Waals surface area contributed by atoms with Crippen LogP contribution < -0.4 is 5.32 Å². The number of unbranched alkanes of at least 4 members (excludes halogenated alkanes) is 1. The molecule has 1 N–H and O–H groups in total. The highest BCUT2D eigenvalue weighted by Crippen LogP contribution is 2.22. The van der Waals surface area contributed by atoms with E-state index in [9.17, 15) is 9.59 Å². The zero-order valence-electron chi connectivity index (χ0n) is 17.4. The molecule has 0 aliphatic carbocycles. The number of carbonyl (C=O) groups excluding carboxylic acids is 2. The average Bonchev–Trinajstić information content (AvgIpc) is 2.74. The molecule has 5 nitrogen and oxygen atoms in total. The first-order valence-corrected chi connectivity index (χ1v) is 11.0. The summed E-state index contributed by atoms with van der Waals surface area (Å²) in [6.45, 7) is 4.97. The summed E-state index contributed by atoms with van der Waals surface area (Å²) in [5.41, 5.74) is 2.34. The number of piperidine rings is 1. The number of esters is 1. The first-order chi connectivity index (χ1) is 14.5. The van der Waals surface area contributed by atoms with Gasteiger partial charge in [0.05, 0.1) is 18.1 Å². The lowest BCUT2D eigenvalue weighted by Crippen LogP contribution is -2.40. The number of anilines is 1. The third-order valence-corrected chi connectivity index (χ3v) is 5.53. The van der Waals surface area contributed by atoms with Crippen LogP contribution in [0.15, 0.2) is 48.5 Å². The number of halogens is 1. The lowest BCUT2D eigenvalue weighted by molar-refractivity contribution is -0.121. The summed E-state index contributed by atoms with van der Waals surface area (Å²) in [5.74, 6) is -0.369. The molecule has 6 heteroatoms. The molecule has 1 saturated heterocycles. The Bertz CT molecular complexity index is 854. The van der Waals surface area contributed by atoms with Crippen LogP contribution in [-0.2, 0) is 16.1 Å². The van der Waals surface area contributed by atoms with Crippen LogP contribution in [0, 0.1) is 5.92 Å². The Balaban J connectivity index is 1.51. The summed E-state index contributed by atoms with van der Waals surface area (Å²) in [4.78, 5) is 27.0. The predicted octanol–water partition coefficient (Wildman–Crippen LogP) is 5.15. The first-order valence-electron chi connectivity index (χ1n) is 10.6. The van der Waals surface area contributed by atoms with Gasteiger partial charge in [-0.2, -0.15) is 0 Å². The number of likely N-dealkylation sites (tertiary alicyclic amines) is 1. The van der Waals surface area contributed by atoms with Crippen molar-refractivity contribution in [1.29, 1.82) is 0 Å². The van der Waals surface area contributed by atoms with Crippen LogP contribution >= 0.6 is 11.6 Å². The summed E-state index contributed by atoms with van der Waals surface area (Å²) < 4.78 is 5.21.